The lowest BCUT2D eigenvalue weighted by Crippen LogP contribution is -2.19. The van der Waals surface area contributed by atoms with Gasteiger partial charge in [0.25, 0.3) is 0 Å². The Morgan fingerprint density at radius 1 is 1.19 bits per heavy atom. The molecule has 21 heavy (non-hydrogen) atoms. The quantitative estimate of drug-likeness (QED) is 0.886. The van der Waals surface area contributed by atoms with Gasteiger partial charge in [-0.2, -0.15) is 0 Å². The van der Waals surface area contributed by atoms with Gasteiger partial charge in [-0.3, -0.25) is 4.79 Å². The predicted octanol–water partition coefficient (Wildman–Crippen LogP) is 2.38. The van der Waals surface area contributed by atoms with Gasteiger partial charge in [-0.15, -0.1) is 0 Å². The molecule has 0 aliphatic carbocycles. The lowest BCUT2D eigenvalue weighted by molar-refractivity contribution is -0.119. The van der Waals surface area contributed by atoms with Crippen molar-refractivity contribution in [2.45, 2.75) is 19.5 Å². The minimum absolute atomic E-state index is 0.0350. The van der Waals surface area contributed by atoms with Gasteiger partial charge in [-0.1, -0.05) is 36.4 Å². The Kier molecular flexibility index (Phi) is 4.95. The lowest BCUT2D eigenvalue weighted by Gasteiger charge is -2.14. The Balaban J connectivity index is 2.11. The fraction of sp³-hybridized carbons (Fsp3) is 0.235. The number of carbonyl (C=O) groups excluding carboxylic acids is 1. The van der Waals surface area contributed by atoms with Crippen LogP contribution in [0.1, 0.15) is 29.7 Å². The zero-order valence-corrected chi connectivity index (χ0v) is 12.3. The van der Waals surface area contributed by atoms with Gasteiger partial charge in [0.2, 0.25) is 5.91 Å². The van der Waals surface area contributed by atoms with Crippen LogP contribution < -0.4 is 15.8 Å². The summed E-state index contributed by atoms with van der Waals surface area (Å²) in [5.41, 5.74) is 9.36. The minimum atomic E-state index is -0.199. The zero-order chi connectivity index (χ0) is 15.2. The Morgan fingerprint density at radius 2 is 1.90 bits per heavy atom. The molecule has 0 spiro atoms. The second kappa shape index (κ2) is 6.90. The minimum Gasteiger partial charge on any atom is -0.497 e. The topological polar surface area (TPSA) is 64.3 Å². The van der Waals surface area contributed by atoms with Crippen LogP contribution in [-0.2, 0) is 11.3 Å². The maximum atomic E-state index is 10.9. The van der Waals surface area contributed by atoms with E-state index in [-0.39, 0.29) is 11.9 Å². The van der Waals surface area contributed by atoms with E-state index >= 15 is 0 Å². The lowest BCUT2D eigenvalue weighted by atomic mass is 9.98. The second-order valence-corrected chi connectivity index (χ2v) is 4.91. The van der Waals surface area contributed by atoms with E-state index in [9.17, 15) is 4.79 Å². The van der Waals surface area contributed by atoms with Gasteiger partial charge in [-0.25, -0.2) is 0 Å². The number of nitrogens with two attached hydrogens (primary N) is 1. The molecule has 110 valence electrons. The SMILES string of the molecule is COc1cccc(C(N)c2ccc(CNC(C)=O)cc2)c1. The highest BCUT2D eigenvalue weighted by Gasteiger charge is 2.09. The van der Waals surface area contributed by atoms with Gasteiger partial charge in [0.1, 0.15) is 5.75 Å². The molecule has 2 aromatic carbocycles. The summed E-state index contributed by atoms with van der Waals surface area (Å²) in [5, 5.41) is 2.77. The van der Waals surface area contributed by atoms with Crippen molar-refractivity contribution in [3.05, 3.63) is 65.2 Å². The van der Waals surface area contributed by atoms with Gasteiger partial charge >= 0.3 is 0 Å². The van der Waals surface area contributed by atoms with Gasteiger partial charge < -0.3 is 15.8 Å². The van der Waals surface area contributed by atoms with Crippen molar-refractivity contribution in [2.75, 3.05) is 7.11 Å². The Labute approximate surface area is 124 Å². The average Bonchev–Trinajstić information content (AvgIpc) is 2.52. The molecule has 1 unspecified atom stereocenters. The molecule has 2 aromatic rings. The molecule has 0 saturated carbocycles. The van der Waals surface area contributed by atoms with Crippen molar-refractivity contribution in [3.63, 3.8) is 0 Å². The van der Waals surface area contributed by atoms with Crippen molar-refractivity contribution in [2.24, 2.45) is 5.73 Å². The van der Waals surface area contributed by atoms with Crippen molar-refractivity contribution in [1.29, 1.82) is 0 Å². The third-order valence-corrected chi connectivity index (χ3v) is 3.33. The molecule has 0 aliphatic rings. The summed E-state index contributed by atoms with van der Waals surface area (Å²) in [6, 6.07) is 15.5. The van der Waals surface area contributed by atoms with E-state index in [2.05, 4.69) is 5.32 Å². The Bertz CT molecular complexity index is 608. The fourth-order valence-electron chi connectivity index (χ4n) is 2.10. The van der Waals surface area contributed by atoms with Crippen LogP contribution in [0.15, 0.2) is 48.5 Å². The van der Waals surface area contributed by atoms with Crippen molar-refractivity contribution >= 4 is 5.91 Å². The molecule has 0 fully saturated rings. The van der Waals surface area contributed by atoms with Gasteiger partial charge in [0.15, 0.2) is 0 Å². The number of hydrogen-bond donors (Lipinski definition) is 2. The van der Waals surface area contributed by atoms with Crippen LogP contribution in [0.2, 0.25) is 0 Å². The van der Waals surface area contributed by atoms with Crippen LogP contribution in [0.25, 0.3) is 0 Å². The van der Waals surface area contributed by atoms with E-state index in [0.29, 0.717) is 6.54 Å². The normalized spacial score (nSPS) is 11.8. The maximum absolute atomic E-state index is 10.9. The van der Waals surface area contributed by atoms with E-state index < -0.39 is 0 Å². The molecular weight excluding hydrogens is 264 g/mol. The molecule has 0 aromatic heterocycles. The smallest absolute Gasteiger partial charge is 0.217 e. The monoisotopic (exact) mass is 284 g/mol. The highest BCUT2D eigenvalue weighted by atomic mass is 16.5. The first-order valence-corrected chi connectivity index (χ1v) is 6.83. The van der Waals surface area contributed by atoms with E-state index in [4.69, 9.17) is 10.5 Å². The number of methoxy groups -OCH3 is 1. The summed E-state index contributed by atoms with van der Waals surface area (Å²) in [5.74, 6) is 0.761. The molecule has 4 nitrogen and oxygen atoms in total. The fourth-order valence-corrected chi connectivity index (χ4v) is 2.10. The molecule has 2 rings (SSSR count). The second-order valence-electron chi connectivity index (χ2n) is 4.91. The number of ether oxygens (including phenoxy) is 1. The maximum Gasteiger partial charge on any atom is 0.217 e. The van der Waals surface area contributed by atoms with E-state index in [1.165, 1.54) is 6.92 Å². The first kappa shape index (κ1) is 15.1. The van der Waals surface area contributed by atoms with E-state index in [1.54, 1.807) is 7.11 Å². The standard InChI is InChI=1S/C17H20N2O2/c1-12(20)19-11-13-6-8-14(9-7-13)17(18)15-4-3-5-16(10-15)21-2/h3-10,17H,11,18H2,1-2H3,(H,19,20). The number of amides is 1. The molecule has 4 heteroatoms. The predicted molar refractivity (Wildman–Crippen MR) is 83.0 cm³/mol. The molecule has 0 saturated heterocycles. The van der Waals surface area contributed by atoms with E-state index in [0.717, 1.165) is 22.4 Å². The number of carbonyl (C=O) groups is 1. The number of rotatable bonds is 5. The number of hydrogen-bond acceptors (Lipinski definition) is 3. The molecule has 0 aliphatic heterocycles. The third kappa shape index (κ3) is 4.07. The first-order valence-electron chi connectivity index (χ1n) is 6.83. The highest BCUT2D eigenvalue weighted by Crippen LogP contribution is 2.23. The van der Waals surface area contributed by atoms with Crippen molar-refractivity contribution in [3.8, 4) is 5.75 Å². The average molecular weight is 284 g/mol. The van der Waals surface area contributed by atoms with Gasteiger partial charge in [0, 0.05) is 13.5 Å². The summed E-state index contributed by atoms with van der Waals surface area (Å²) in [6.07, 6.45) is 0. The van der Waals surface area contributed by atoms with Crippen LogP contribution >= 0.6 is 0 Å². The Hall–Kier alpha value is -2.33. The third-order valence-electron chi connectivity index (χ3n) is 3.33. The molecule has 0 heterocycles. The largest absolute Gasteiger partial charge is 0.497 e. The van der Waals surface area contributed by atoms with Crippen LogP contribution in [0.5, 0.6) is 5.75 Å². The molecule has 1 amide bonds. The molecule has 0 bridgehead atoms. The van der Waals surface area contributed by atoms with Gasteiger partial charge in [-0.05, 0) is 28.8 Å². The molecule has 3 N–H and O–H groups in total. The summed E-state index contributed by atoms with van der Waals surface area (Å²) >= 11 is 0. The summed E-state index contributed by atoms with van der Waals surface area (Å²) < 4.78 is 5.22. The van der Waals surface area contributed by atoms with E-state index in [1.807, 2.05) is 48.5 Å². The summed E-state index contributed by atoms with van der Waals surface area (Å²) in [6.45, 7) is 2.04. The van der Waals surface area contributed by atoms with Crippen LogP contribution in [0.4, 0.5) is 0 Å². The number of nitrogens with one attached hydrogen (secondary N) is 1. The molecule has 1 atom stereocenters. The van der Waals surface area contributed by atoms with Crippen molar-refractivity contribution < 1.29 is 9.53 Å². The van der Waals surface area contributed by atoms with Crippen molar-refractivity contribution in [1.82, 2.24) is 5.32 Å². The zero-order valence-electron chi connectivity index (χ0n) is 12.3. The Morgan fingerprint density at radius 3 is 2.52 bits per heavy atom. The van der Waals surface area contributed by atoms with Crippen LogP contribution in [0.3, 0.4) is 0 Å². The highest BCUT2D eigenvalue weighted by molar-refractivity contribution is 5.72. The molecule has 0 radical (unpaired) electrons. The summed E-state index contributed by atoms with van der Waals surface area (Å²) in [7, 11) is 1.64. The van der Waals surface area contributed by atoms with Gasteiger partial charge in [0.05, 0.1) is 13.2 Å². The van der Waals surface area contributed by atoms with Crippen LogP contribution in [0, 0.1) is 0 Å². The number of benzene rings is 2. The molecular formula is C17H20N2O2. The summed E-state index contributed by atoms with van der Waals surface area (Å²) in [4.78, 5) is 10.9. The first-order chi connectivity index (χ1) is 10.1. The van der Waals surface area contributed by atoms with Crippen LogP contribution in [-0.4, -0.2) is 13.0 Å².